The van der Waals surface area contributed by atoms with Gasteiger partial charge in [-0.3, -0.25) is 9.78 Å². The third kappa shape index (κ3) is 4.40. The number of nitrogens with zero attached hydrogens (tertiary/aromatic N) is 2. The molecule has 0 N–H and O–H groups in total. The average Bonchev–Trinajstić information content (AvgIpc) is 3.19. The SMILES string of the molecule is Cc1cc(Cc2ccccc2)cc([C@H]2CCN(C(=O)C3CCCCC3)C2)n1. The second-order valence-corrected chi connectivity index (χ2v) is 8.31. The molecule has 3 heteroatoms. The van der Waals surface area contributed by atoms with Gasteiger partial charge in [0.05, 0.1) is 0 Å². The van der Waals surface area contributed by atoms with Gasteiger partial charge in [-0.2, -0.15) is 0 Å². The average molecular weight is 363 g/mol. The van der Waals surface area contributed by atoms with Crippen molar-refractivity contribution in [3.05, 3.63) is 65.0 Å². The molecule has 0 bridgehead atoms. The lowest BCUT2D eigenvalue weighted by Crippen LogP contribution is -2.35. The summed E-state index contributed by atoms with van der Waals surface area (Å²) in [5.74, 6) is 1.05. The molecule has 1 aromatic carbocycles. The number of rotatable bonds is 4. The monoisotopic (exact) mass is 362 g/mol. The summed E-state index contributed by atoms with van der Waals surface area (Å²) >= 11 is 0. The standard InChI is InChI=1S/C24H30N2O/c1-18-14-20(15-19-8-4-2-5-9-19)16-23(25-18)22-12-13-26(17-22)24(27)21-10-6-3-7-11-21/h2,4-5,8-9,14,16,21-22H,3,6-7,10-13,15,17H2,1H3/t22-/m0/s1. The van der Waals surface area contributed by atoms with Gasteiger partial charge < -0.3 is 4.90 Å². The van der Waals surface area contributed by atoms with Gasteiger partial charge in [0, 0.05) is 36.3 Å². The maximum atomic E-state index is 12.9. The smallest absolute Gasteiger partial charge is 0.225 e. The minimum Gasteiger partial charge on any atom is -0.342 e. The molecular formula is C24H30N2O. The van der Waals surface area contributed by atoms with Gasteiger partial charge in [-0.25, -0.2) is 0 Å². The van der Waals surface area contributed by atoms with Gasteiger partial charge in [0.2, 0.25) is 5.91 Å². The van der Waals surface area contributed by atoms with E-state index in [0.717, 1.165) is 44.5 Å². The highest BCUT2D eigenvalue weighted by Gasteiger charge is 2.32. The molecule has 142 valence electrons. The van der Waals surface area contributed by atoms with E-state index in [1.807, 2.05) is 0 Å². The molecular weight excluding hydrogens is 332 g/mol. The summed E-state index contributed by atoms with van der Waals surface area (Å²) in [6.07, 6.45) is 7.89. The van der Waals surface area contributed by atoms with E-state index in [1.165, 1.54) is 36.1 Å². The fourth-order valence-electron chi connectivity index (χ4n) is 4.72. The van der Waals surface area contributed by atoms with Crippen molar-refractivity contribution in [2.45, 2.75) is 57.8 Å². The van der Waals surface area contributed by atoms with Gasteiger partial charge in [0.25, 0.3) is 0 Å². The van der Waals surface area contributed by atoms with Crippen molar-refractivity contribution in [1.29, 1.82) is 0 Å². The van der Waals surface area contributed by atoms with E-state index in [9.17, 15) is 4.79 Å². The Hall–Kier alpha value is -2.16. The molecule has 1 aliphatic heterocycles. The van der Waals surface area contributed by atoms with Crippen molar-refractivity contribution in [1.82, 2.24) is 9.88 Å². The van der Waals surface area contributed by atoms with Gasteiger partial charge in [0.15, 0.2) is 0 Å². The van der Waals surface area contributed by atoms with Gasteiger partial charge in [-0.05, 0) is 55.9 Å². The fraction of sp³-hybridized carbons (Fsp3) is 0.500. The number of hydrogen-bond acceptors (Lipinski definition) is 2. The largest absolute Gasteiger partial charge is 0.342 e. The predicted octanol–water partition coefficient (Wildman–Crippen LogP) is 4.88. The van der Waals surface area contributed by atoms with E-state index < -0.39 is 0 Å². The van der Waals surface area contributed by atoms with Crippen LogP contribution in [0.5, 0.6) is 0 Å². The highest BCUT2D eigenvalue weighted by atomic mass is 16.2. The summed E-state index contributed by atoms with van der Waals surface area (Å²) in [5, 5.41) is 0. The molecule has 1 atom stereocenters. The second-order valence-electron chi connectivity index (χ2n) is 8.31. The number of likely N-dealkylation sites (tertiary alicyclic amines) is 1. The van der Waals surface area contributed by atoms with Crippen molar-refractivity contribution >= 4 is 5.91 Å². The topological polar surface area (TPSA) is 33.2 Å². The third-order valence-electron chi connectivity index (χ3n) is 6.16. The van der Waals surface area contributed by atoms with Gasteiger partial charge in [-0.15, -0.1) is 0 Å². The fourth-order valence-corrected chi connectivity index (χ4v) is 4.72. The van der Waals surface area contributed by atoms with E-state index in [4.69, 9.17) is 4.98 Å². The maximum Gasteiger partial charge on any atom is 0.225 e. The first-order valence-electron chi connectivity index (χ1n) is 10.5. The molecule has 1 amide bonds. The first-order valence-corrected chi connectivity index (χ1v) is 10.5. The number of aromatic nitrogens is 1. The van der Waals surface area contributed by atoms with E-state index in [0.29, 0.717) is 11.8 Å². The summed E-state index contributed by atoms with van der Waals surface area (Å²) in [6.45, 7) is 3.82. The first kappa shape index (κ1) is 18.2. The Bertz CT molecular complexity index is 780. The van der Waals surface area contributed by atoms with Crippen molar-refractivity contribution in [3.8, 4) is 0 Å². The summed E-state index contributed by atoms with van der Waals surface area (Å²) in [4.78, 5) is 19.8. The molecule has 0 unspecified atom stereocenters. The molecule has 2 aromatic rings. The Balaban J connectivity index is 1.45. The van der Waals surface area contributed by atoms with Crippen LogP contribution < -0.4 is 0 Å². The highest BCUT2D eigenvalue weighted by Crippen LogP contribution is 2.31. The van der Waals surface area contributed by atoms with Gasteiger partial charge >= 0.3 is 0 Å². The lowest BCUT2D eigenvalue weighted by atomic mass is 9.88. The minimum absolute atomic E-state index is 0.275. The third-order valence-corrected chi connectivity index (χ3v) is 6.16. The van der Waals surface area contributed by atoms with Crippen molar-refractivity contribution < 1.29 is 4.79 Å². The molecule has 3 nitrogen and oxygen atoms in total. The Kier molecular flexibility index (Phi) is 5.56. The molecule has 1 aromatic heterocycles. The molecule has 4 rings (SSSR count). The highest BCUT2D eigenvalue weighted by molar-refractivity contribution is 5.79. The minimum atomic E-state index is 0.275. The number of aryl methyl sites for hydroxylation is 1. The van der Waals surface area contributed by atoms with Crippen LogP contribution in [0.2, 0.25) is 0 Å². The Morgan fingerprint density at radius 3 is 2.59 bits per heavy atom. The molecule has 27 heavy (non-hydrogen) atoms. The number of benzene rings is 1. The maximum absolute atomic E-state index is 12.9. The molecule has 1 aliphatic carbocycles. The normalized spacial score (nSPS) is 20.8. The first-order chi connectivity index (χ1) is 13.2. The zero-order chi connectivity index (χ0) is 18.6. The van der Waals surface area contributed by atoms with Gasteiger partial charge in [-0.1, -0.05) is 49.6 Å². The molecule has 1 saturated heterocycles. The number of hydrogen-bond donors (Lipinski definition) is 0. The van der Waals surface area contributed by atoms with Crippen molar-refractivity contribution in [2.24, 2.45) is 5.92 Å². The van der Waals surface area contributed by atoms with Crippen LogP contribution in [0.3, 0.4) is 0 Å². The van der Waals surface area contributed by atoms with Crippen LogP contribution in [0.25, 0.3) is 0 Å². The summed E-state index contributed by atoms with van der Waals surface area (Å²) in [7, 11) is 0. The molecule has 1 saturated carbocycles. The molecule has 0 radical (unpaired) electrons. The van der Waals surface area contributed by atoms with Crippen LogP contribution in [0.1, 0.15) is 67.0 Å². The van der Waals surface area contributed by atoms with Crippen molar-refractivity contribution in [3.63, 3.8) is 0 Å². The number of carbonyl (C=O) groups is 1. The Labute approximate surface area is 162 Å². The second kappa shape index (κ2) is 8.24. The molecule has 0 spiro atoms. The zero-order valence-electron chi connectivity index (χ0n) is 16.4. The summed E-state index contributed by atoms with van der Waals surface area (Å²) in [6, 6.07) is 15.1. The van der Waals surface area contributed by atoms with Crippen LogP contribution in [0, 0.1) is 12.8 Å². The Morgan fingerprint density at radius 2 is 1.81 bits per heavy atom. The number of pyridine rings is 1. The number of amides is 1. The van der Waals surface area contributed by atoms with Crippen molar-refractivity contribution in [2.75, 3.05) is 13.1 Å². The summed E-state index contributed by atoms with van der Waals surface area (Å²) < 4.78 is 0. The molecule has 2 fully saturated rings. The number of carbonyl (C=O) groups excluding carboxylic acids is 1. The van der Waals surface area contributed by atoms with Crippen LogP contribution >= 0.6 is 0 Å². The van der Waals surface area contributed by atoms with Gasteiger partial charge in [0.1, 0.15) is 0 Å². The van der Waals surface area contributed by atoms with Crippen LogP contribution in [-0.2, 0) is 11.2 Å². The van der Waals surface area contributed by atoms with E-state index >= 15 is 0 Å². The lowest BCUT2D eigenvalue weighted by molar-refractivity contribution is -0.135. The van der Waals surface area contributed by atoms with E-state index in [-0.39, 0.29) is 5.92 Å². The van der Waals surface area contributed by atoms with Crippen LogP contribution in [0.4, 0.5) is 0 Å². The van der Waals surface area contributed by atoms with E-state index in [2.05, 4.69) is 54.3 Å². The molecule has 2 aliphatic rings. The predicted molar refractivity (Wildman–Crippen MR) is 109 cm³/mol. The van der Waals surface area contributed by atoms with Crippen LogP contribution in [0.15, 0.2) is 42.5 Å². The van der Waals surface area contributed by atoms with Crippen LogP contribution in [-0.4, -0.2) is 28.9 Å². The van der Waals surface area contributed by atoms with E-state index in [1.54, 1.807) is 0 Å². The Morgan fingerprint density at radius 1 is 1.04 bits per heavy atom. The lowest BCUT2D eigenvalue weighted by Gasteiger charge is -2.26. The summed E-state index contributed by atoms with van der Waals surface area (Å²) in [5.41, 5.74) is 4.89. The zero-order valence-corrected chi connectivity index (χ0v) is 16.4. The quantitative estimate of drug-likeness (QED) is 0.777. The molecule has 2 heterocycles.